The monoisotopic (exact) mass is 863 g/mol. The van der Waals surface area contributed by atoms with Gasteiger partial charge in [-0.1, -0.05) is 54.8 Å². The number of imidazole rings is 1. The van der Waals surface area contributed by atoms with E-state index < -0.39 is 0 Å². The van der Waals surface area contributed by atoms with Crippen molar-refractivity contribution < 1.29 is 4.79 Å². The summed E-state index contributed by atoms with van der Waals surface area (Å²) in [5.41, 5.74) is 4.96. The summed E-state index contributed by atoms with van der Waals surface area (Å²) in [6.45, 7) is 9.09. The molecule has 2 aromatic carbocycles. The Morgan fingerprint density at radius 3 is 2.43 bits per heavy atom. The molecule has 10 rings (SSSR count). The summed E-state index contributed by atoms with van der Waals surface area (Å²) in [7, 11) is 0. The number of hydrogen-bond acceptors (Lipinski definition) is 13. The highest BCUT2D eigenvalue weighted by molar-refractivity contribution is 6.35. The second kappa shape index (κ2) is 17.7. The van der Waals surface area contributed by atoms with Crippen molar-refractivity contribution in [3.05, 3.63) is 134 Å². The van der Waals surface area contributed by atoms with E-state index in [-0.39, 0.29) is 34.5 Å². The van der Waals surface area contributed by atoms with Crippen molar-refractivity contribution in [2.24, 2.45) is 0 Å². The summed E-state index contributed by atoms with van der Waals surface area (Å²) >= 11 is 6.38. The Balaban J connectivity index is 0.000000161. The number of pyridine rings is 3. The maximum atomic E-state index is 13.5. The van der Waals surface area contributed by atoms with Crippen LogP contribution in [0.25, 0.3) is 38.7 Å². The highest BCUT2D eigenvalue weighted by Crippen LogP contribution is 2.33. The molecule has 1 atom stereocenters. The fraction of sp³-hybridized carbons (Fsp3) is 0.283. The number of carbonyl (C=O) groups excluding carboxylic acids is 1. The van der Waals surface area contributed by atoms with Crippen LogP contribution in [0, 0.1) is 6.92 Å². The van der Waals surface area contributed by atoms with Gasteiger partial charge in [0.15, 0.2) is 17.2 Å². The number of aryl methyl sites for hydroxylation is 1. The topological polar surface area (TPSA) is 194 Å². The number of benzene rings is 2. The Morgan fingerprint density at radius 1 is 0.889 bits per heavy atom. The maximum Gasteiger partial charge on any atom is 0.264 e. The third-order valence-corrected chi connectivity index (χ3v) is 12.1. The van der Waals surface area contributed by atoms with E-state index in [1.165, 1.54) is 13.3 Å². The summed E-state index contributed by atoms with van der Waals surface area (Å²) < 4.78 is 3.41. The van der Waals surface area contributed by atoms with Crippen LogP contribution in [0.15, 0.2) is 101 Å². The number of Topliss-reactive ketones (excluding diaryl/α,β-unsaturated/α-hetero) is 1. The molecule has 0 radical (unpaired) electrons. The van der Waals surface area contributed by atoms with Gasteiger partial charge >= 0.3 is 0 Å². The number of nitrogens with zero attached hydrogens (tertiary/aromatic N) is 9. The molecule has 320 valence electrons. The van der Waals surface area contributed by atoms with Gasteiger partial charge in [0.2, 0.25) is 5.95 Å². The van der Waals surface area contributed by atoms with E-state index in [4.69, 9.17) is 16.6 Å². The van der Waals surface area contributed by atoms with Crippen LogP contribution in [0.4, 0.5) is 23.3 Å². The summed E-state index contributed by atoms with van der Waals surface area (Å²) in [5, 5.41) is 12.4. The Kier molecular flexibility index (Phi) is 11.6. The van der Waals surface area contributed by atoms with Crippen LogP contribution in [-0.2, 0) is 0 Å². The molecule has 0 bridgehead atoms. The van der Waals surface area contributed by atoms with Crippen molar-refractivity contribution in [3.8, 4) is 5.69 Å². The first-order chi connectivity index (χ1) is 30.7. The molecule has 1 unspecified atom stereocenters. The van der Waals surface area contributed by atoms with Crippen LogP contribution >= 0.6 is 11.6 Å². The van der Waals surface area contributed by atoms with Crippen molar-refractivity contribution in [2.45, 2.75) is 58.5 Å². The molecule has 7 heterocycles. The quantitative estimate of drug-likeness (QED) is 0.105. The van der Waals surface area contributed by atoms with Gasteiger partial charge in [-0.15, -0.1) is 0 Å². The second-order valence-corrected chi connectivity index (χ2v) is 16.2. The van der Waals surface area contributed by atoms with E-state index in [0.29, 0.717) is 50.4 Å². The number of H-pyrrole nitrogens is 1. The molecule has 1 saturated heterocycles. The first-order valence-electron chi connectivity index (χ1n) is 21.1. The molecular formula is C46H46ClN13O3. The van der Waals surface area contributed by atoms with Crippen LogP contribution < -0.4 is 32.0 Å². The first kappa shape index (κ1) is 41.3. The number of anilines is 4. The molecule has 16 nitrogen and oxygen atoms in total. The zero-order valence-electron chi connectivity index (χ0n) is 35.1. The first-order valence-corrected chi connectivity index (χ1v) is 21.5. The minimum atomic E-state index is -0.248. The Labute approximate surface area is 366 Å². The predicted octanol–water partition coefficient (Wildman–Crippen LogP) is 7.45. The molecule has 2 fully saturated rings. The zero-order chi connectivity index (χ0) is 43.6. The van der Waals surface area contributed by atoms with Gasteiger partial charge in [-0.05, 0) is 81.0 Å². The fourth-order valence-corrected chi connectivity index (χ4v) is 8.91. The van der Waals surface area contributed by atoms with Crippen LogP contribution in [0.1, 0.15) is 73.2 Å². The lowest BCUT2D eigenvalue weighted by Crippen LogP contribution is -2.43. The average molecular weight is 864 g/mol. The van der Waals surface area contributed by atoms with Gasteiger partial charge in [0.25, 0.3) is 11.1 Å². The smallest absolute Gasteiger partial charge is 0.264 e. The zero-order valence-corrected chi connectivity index (χ0v) is 35.9. The van der Waals surface area contributed by atoms with Crippen molar-refractivity contribution in [2.75, 3.05) is 41.7 Å². The fourth-order valence-electron chi connectivity index (χ4n) is 8.65. The number of halogens is 1. The molecule has 8 aromatic rings. The lowest BCUT2D eigenvalue weighted by atomic mass is 10.0. The molecule has 0 amide bonds. The maximum absolute atomic E-state index is 13.5. The molecule has 6 aromatic heterocycles. The van der Waals surface area contributed by atoms with Gasteiger partial charge in [-0.3, -0.25) is 23.5 Å². The van der Waals surface area contributed by atoms with Gasteiger partial charge < -0.3 is 25.8 Å². The van der Waals surface area contributed by atoms with Gasteiger partial charge in [0.05, 0.1) is 40.2 Å². The standard InChI is InChI=1S/C24H29N7O2.C22H17ClN6O/c1-15-19-14-27-24(28-20-8-7-18(13-26-20)30-11-9-25-10-12-30)29-22(19)31(17-5-3-4-6-17)23(33)21(15)16(2)32;1-13(28-21-19-20(25-11-24-19)26-12-27-21)17-10-14-6-5-9-16(23)18(14)22(30)29(17)15-7-3-2-4-8-15/h7-8,13-14,17,25H,3-6,9-12H2,1-2H3,(H,26,27,28,29);2-13H,1H3,(H2,24,25,26,27,28). The van der Waals surface area contributed by atoms with E-state index in [9.17, 15) is 14.4 Å². The Morgan fingerprint density at radius 2 is 1.68 bits per heavy atom. The normalized spacial score (nSPS) is 14.8. The van der Waals surface area contributed by atoms with Crippen molar-refractivity contribution in [1.29, 1.82) is 0 Å². The molecule has 1 saturated carbocycles. The molecular weight excluding hydrogens is 818 g/mol. The number of carbonyl (C=O) groups is 1. The minimum absolute atomic E-state index is 0.0536. The average Bonchev–Trinajstić information content (AvgIpc) is 4.01. The summed E-state index contributed by atoms with van der Waals surface area (Å²) in [6.07, 6.45) is 10.6. The van der Waals surface area contributed by atoms with Crippen LogP contribution in [0.2, 0.25) is 5.02 Å². The molecule has 0 spiro atoms. The third kappa shape index (κ3) is 8.22. The molecule has 1 aliphatic heterocycles. The van der Waals surface area contributed by atoms with Crippen molar-refractivity contribution in [1.82, 2.24) is 49.3 Å². The number of hydrogen-bond donors (Lipinski definition) is 4. The van der Waals surface area contributed by atoms with E-state index >= 15 is 0 Å². The highest BCUT2D eigenvalue weighted by Gasteiger charge is 2.26. The second-order valence-electron chi connectivity index (χ2n) is 15.8. The predicted molar refractivity (Wildman–Crippen MR) is 247 cm³/mol. The van der Waals surface area contributed by atoms with E-state index in [2.05, 4.69) is 50.8 Å². The molecule has 2 aliphatic rings. The molecule has 17 heteroatoms. The van der Waals surface area contributed by atoms with Gasteiger partial charge in [-0.2, -0.15) is 4.98 Å². The van der Waals surface area contributed by atoms with Gasteiger partial charge in [0, 0.05) is 55.2 Å². The SMILES string of the molecule is CC(=O)c1c(C)c2cnc(Nc3ccc(N4CCNCC4)cn3)nc2n(C2CCCC2)c1=O.CC(Nc1ncnc2nc[nH]c12)c1cc2cccc(Cl)c2c(=O)n1-c1ccccc1. The van der Waals surface area contributed by atoms with Crippen molar-refractivity contribution >= 4 is 73.6 Å². The molecule has 63 heavy (non-hydrogen) atoms. The van der Waals surface area contributed by atoms with E-state index in [1.54, 1.807) is 34.6 Å². The van der Waals surface area contributed by atoms with Gasteiger partial charge in [0.1, 0.15) is 23.3 Å². The highest BCUT2D eigenvalue weighted by atomic mass is 35.5. The molecule has 4 N–H and O–H groups in total. The summed E-state index contributed by atoms with van der Waals surface area (Å²) in [4.78, 5) is 70.8. The van der Waals surface area contributed by atoms with E-state index in [1.807, 2.05) is 73.8 Å². The third-order valence-electron chi connectivity index (χ3n) is 11.8. The van der Waals surface area contributed by atoms with Crippen LogP contribution in [0.5, 0.6) is 0 Å². The number of para-hydroxylation sites is 1. The van der Waals surface area contributed by atoms with E-state index in [0.717, 1.165) is 79.7 Å². The number of fused-ring (bicyclic) bond motifs is 3. The number of nitrogens with one attached hydrogen (secondary N) is 4. The number of aromatic amines is 1. The number of rotatable bonds is 9. The van der Waals surface area contributed by atoms with Crippen LogP contribution in [-0.4, -0.2) is 76.0 Å². The number of aromatic nitrogens is 9. The summed E-state index contributed by atoms with van der Waals surface area (Å²) in [5.74, 6) is 1.41. The van der Waals surface area contributed by atoms with Crippen LogP contribution in [0.3, 0.4) is 0 Å². The molecule has 1 aliphatic carbocycles. The van der Waals surface area contributed by atoms with Crippen molar-refractivity contribution in [3.63, 3.8) is 0 Å². The van der Waals surface area contributed by atoms with Gasteiger partial charge in [-0.25, -0.2) is 24.9 Å². The lowest BCUT2D eigenvalue weighted by molar-refractivity contribution is 0.101. The number of piperazine rings is 1. The minimum Gasteiger partial charge on any atom is -0.368 e. The lowest BCUT2D eigenvalue weighted by Gasteiger charge is -2.29. The Hall–Kier alpha value is -7.04. The summed E-state index contributed by atoms with van der Waals surface area (Å²) in [6, 6.07) is 20.7. The number of ketones is 1. The Bertz CT molecular complexity index is 3080. The largest absolute Gasteiger partial charge is 0.368 e.